The van der Waals surface area contributed by atoms with Gasteiger partial charge in [0.2, 0.25) is 5.91 Å². The van der Waals surface area contributed by atoms with Crippen LogP contribution in [0.5, 0.6) is 0 Å². The molecule has 2 N–H and O–H groups in total. The third-order valence-electron chi connectivity index (χ3n) is 4.47. The van der Waals surface area contributed by atoms with Crippen LogP contribution in [0, 0.1) is 23.5 Å². The molecule has 2 fully saturated rings. The van der Waals surface area contributed by atoms with Crippen LogP contribution in [-0.4, -0.2) is 25.5 Å². The average Bonchev–Trinajstić information content (AvgIpc) is 3.29. The third-order valence-corrected chi connectivity index (χ3v) is 4.47. The van der Waals surface area contributed by atoms with Gasteiger partial charge in [0.15, 0.2) is 11.6 Å². The van der Waals surface area contributed by atoms with Crippen LogP contribution in [0.15, 0.2) is 18.2 Å². The van der Waals surface area contributed by atoms with Crippen LogP contribution in [0.25, 0.3) is 0 Å². The fraction of sp³-hybridized carbons (Fsp3) is 0.562. The quantitative estimate of drug-likeness (QED) is 0.893. The van der Waals surface area contributed by atoms with E-state index in [1.807, 2.05) is 0 Å². The van der Waals surface area contributed by atoms with Crippen LogP contribution in [0.2, 0.25) is 0 Å². The zero-order valence-corrected chi connectivity index (χ0v) is 11.9. The molecule has 1 aromatic rings. The Balaban J connectivity index is 1.52. The van der Waals surface area contributed by atoms with Crippen molar-refractivity contribution in [2.24, 2.45) is 11.8 Å². The smallest absolute Gasteiger partial charge is 0.223 e. The van der Waals surface area contributed by atoms with Crippen molar-refractivity contribution in [3.05, 3.63) is 35.4 Å². The monoisotopic (exact) mass is 294 g/mol. The van der Waals surface area contributed by atoms with Crippen LogP contribution in [0.1, 0.15) is 30.7 Å². The fourth-order valence-electron chi connectivity index (χ4n) is 3.11. The summed E-state index contributed by atoms with van der Waals surface area (Å²) in [6.07, 6.45) is 2.87. The zero-order chi connectivity index (χ0) is 14.8. The lowest BCUT2D eigenvalue weighted by Crippen LogP contribution is -2.38. The van der Waals surface area contributed by atoms with E-state index in [4.69, 9.17) is 0 Å². The second-order valence-electron chi connectivity index (χ2n) is 6.05. The van der Waals surface area contributed by atoms with Gasteiger partial charge in [0.25, 0.3) is 0 Å². The first-order valence-electron chi connectivity index (χ1n) is 7.59. The maximum Gasteiger partial charge on any atom is 0.223 e. The Hall–Kier alpha value is -1.49. The number of carbonyl (C=O) groups is 1. The highest BCUT2D eigenvalue weighted by atomic mass is 19.2. The first kappa shape index (κ1) is 14.4. The van der Waals surface area contributed by atoms with Gasteiger partial charge in [0.1, 0.15) is 0 Å². The van der Waals surface area contributed by atoms with Crippen molar-refractivity contribution in [2.45, 2.75) is 25.2 Å². The number of piperidine rings is 1. The van der Waals surface area contributed by atoms with E-state index >= 15 is 0 Å². The molecule has 0 radical (unpaired) electrons. The predicted octanol–water partition coefficient (Wildman–Crippen LogP) is 2.18. The molecule has 3 nitrogen and oxygen atoms in total. The van der Waals surface area contributed by atoms with E-state index in [-0.39, 0.29) is 17.7 Å². The number of amides is 1. The van der Waals surface area contributed by atoms with Gasteiger partial charge in [-0.2, -0.15) is 0 Å². The average molecular weight is 294 g/mol. The van der Waals surface area contributed by atoms with Crippen LogP contribution < -0.4 is 10.6 Å². The van der Waals surface area contributed by atoms with Gasteiger partial charge in [-0.1, -0.05) is 12.1 Å². The van der Waals surface area contributed by atoms with Gasteiger partial charge in [0, 0.05) is 12.5 Å². The van der Waals surface area contributed by atoms with E-state index < -0.39 is 11.6 Å². The summed E-state index contributed by atoms with van der Waals surface area (Å²) in [7, 11) is 0. The number of nitrogens with one attached hydrogen (secondary N) is 2. The summed E-state index contributed by atoms with van der Waals surface area (Å²) in [5.74, 6) is -1.59. The van der Waals surface area contributed by atoms with E-state index in [0.29, 0.717) is 24.4 Å². The molecule has 0 spiro atoms. The molecule has 0 aromatic heterocycles. The zero-order valence-electron chi connectivity index (χ0n) is 11.9. The second kappa shape index (κ2) is 6.10. The minimum absolute atomic E-state index is 0.0331. The second-order valence-corrected chi connectivity index (χ2v) is 6.05. The van der Waals surface area contributed by atoms with E-state index in [2.05, 4.69) is 10.6 Å². The third kappa shape index (κ3) is 3.23. The van der Waals surface area contributed by atoms with Crippen molar-refractivity contribution in [1.29, 1.82) is 0 Å². The fourth-order valence-corrected chi connectivity index (χ4v) is 3.11. The largest absolute Gasteiger partial charge is 0.356 e. The number of rotatable bonds is 4. The maximum absolute atomic E-state index is 13.7. The van der Waals surface area contributed by atoms with Crippen LogP contribution in [-0.2, 0) is 4.79 Å². The summed E-state index contributed by atoms with van der Waals surface area (Å²) in [5, 5.41) is 6.26. The SMILES string of the molecule is O=C(NCC1CCCNC1)C1CC1c1cccc(F)c1F. The molecule has 3 atom stereocenters. The van der Waals surface area contributed by atoms with Crippen molar-refractivity contribution in [1.82, 2.24) is 10.6 Å². The molecule has 21 heavy (non-hydrogen) atoms. The molecular weight excluding hydrogens is 274 g/mol. The van der Waals surface area contributed by atoms with Crippen molar-refractivity contribution in [3.8, 4) is 0 Å². The van der Waals surface area contributed by atoms with Crippen molar-refractivity contribution >= 4 is 5.91 Å². The Morgan fingerprint density at radius 1 is 1.38 bits per heavy atom. The molecule has 1 aliphatic carbocycles. The maximum atomic E-state index is 13.7. The first-order valence-corrected chi connectivity index (χ1v) is 7.59. The first-order chi connectivity index (χ1) is 10.2. The molecule has 1 saturated carbocycles. The highest BCUT2D eigenvalue weighted by Crippen LogP contribution is 2.48. The molecule has 1 aromatic carbocycles. The molecule has 1 amide bonds. The molecule has 114 valence electrons. The van der Waals surface area contributed by atoms with Crippen LogP contribution in [0.4, 0.5) is 8.78 Å². The number of halogens is 2. The predicted molar refractivity (Wildman–Crippen MR) is 75.8 cm³/mol. The van der Waals surface area contributed by atoms with Crippen LogP contribution in [0.3, 0.4) is 0 Å². The van der Waals surface area contributed by atoms with Gasteiger partial charge in [-0.05, 0) is 55.8 Å². The molecule has 1 saturated heterocycles. The van der Waals surface area contributed by atoms with Crippen molar-refractivity contribution in [2.75, 3.05) is 19.6 Å². The number of hydrogen-bond acceptors (Lipinski definition) is 2. The molecule has 0 bridgehead atoms. The highest BCUT2D eigenvalue weighted by Gasteiger charge is 2.45. The molecule has 1 heterocycles. The number of hydrogen-bond donors (Lipinski definition) is 2. The Morgan fingerprint density at radius 3 is 3.00 bits per heavy atom. The Labute approximate surface area is 123 Å². The molecule has 3 unspecified atom stereocenters. The standard InChI is InChI=1S/C16H20F2N2O/c17-14-5-1-4-11(15(14)18)12-7-13(12)16(21)20-9-10-3-2-6-19-8-10/h1,4-5,10,12-13,19H,2-3,6-9H2,(H,20,21). The lowest BCUT2D eigenvalue weighted by atomic mass is 9.99. The molecular formula is C16H20F2N2O. The molecule has 2 aliphatic rings. The van der Waals surface area contributed by atoms with E-state index in [0.717, 1.165) is 32.0 Å². The van der Waals surface area contributed by atoms with E-state index in [1.54, 1.807) is 6.07 Å². The minimum atomic E-state index is -0.841. The van der Waals surface area contributed by atoms with Crippen molar-refractivity contribution in [3.63, 3.8) is 0 Å². The number of benzene rings is 1. The lowest BCUT2D eigenvalue weighted by molar-refractivity contribution is -0.122. The normalized spacial score (nSPS) is 28.2. The van der Waals surface area contributed by atoms with Crippen LogP contribution >= 0.6 is 0 Å². The topological polar surface area (TPSA) is 41.1 Å². The Kier molecular flexibility index (Phi) is 4.19. The van der Waals surface area contributed by atoms with Gasteiger partial charge in [-0.15, -0.1) is 0 Å². The van der Waals surface area contributed by atoms with E-state index in [1.165, 1.54) is 6.07 Å². The summed E-state index contributed by atoms with van der Waals surface area (Å²) in [5.41, 5.74) is 0.328. The summed E-state index contributed by atoms with van der Waals surface area (Å²) in [6.45, 7) is 2.65. The van der Waals surface area contributed by atoms with Gasteiger partial charge in [-0.3, -0.25) is 4.79 Å². The number of carbonyl (C=O) groups excluding carboxylic acids is 1. The van der Waals surface area contributed by atoms with Gasteiger partial charge in [0.05, 0.1) is 0 Å². The summed E-state index contributed by atoms with van der Waals surface area (Å²) >= 11 is 0. The lowest BCUT2D eigenvalue weighted by Gasteiger charge is -2.22. The summed E-state index contributed by atoms with van der Waals surface area (Å²) in [6, 6.07) is 4.17. The van der Waals surface area contributed by atoms with Crippen molar-refractivity contribution < 1.29 is 13.6 Å². The molecule has 3 rings (SSSR count). The van der Waals surface area contributed by atoms with E-state index in [9.17, 15) is 13.6 Å². The summed E-state index contributed by atoms with van der Waals surface area (Å²) < 4.78 is 26.9. The minimum Gasteiger partial charge on any atom is -0.356 e. The van der Waals surface area contributed by atoms with Gasteiger partial charge < -0.3 is 10.6 Å². The van der Waals surface area contributed by atoms with Gasteiger partial charge in [-0.25, -0.2) is 8.78 Å². The molecule has 5 heteroatoms. The van der Waals surface area contributed by atoms with Gasteiger partial charge >= 0.3 is 0 Å². The molecule has 1 aliphatic heterocycles. The highest BCUT2D eigenvalue weighted by molar-refractivity contribution is 5.82. The Morgan fingerprint density at radius 2 is 2.24 bits per heavy atom. The summed E-state index contributed by atoms with van der Waals surface area (Å²) in [4.78, 5) is 12.1. The Bertz CT molecular complexity index is 529.